The molecule has 0 spiro atoms. The molecule has 17 heavy (non-hydrogen) atoms. The maximum atomic E-state index is 12.5. The minimum absolute atomic E-state index is 0.0568. The first-order valence-corrected chi connectivity index (χ1v) is 6.28. The molecule has 0 saturated carbocycles. The predicted octanol–water partition coefficient (Wildman–Crippen LogP) is 2.50. The normalized spacial score (nSPS) is 25.9. The average Bonchev–Trinajstić information content (AvgIpc) is 2.75. The van der Waals surface area contributed by atoms with Gasteiger partial charge in [0.25, 0.3) is 5.91 Å². The zero-order valence-corrected chi connectivity index (χ0v) is 10.4. The van der Waals surface area contributed by atoms with Gasteiger partial charge in [0, 0.05) is 12.2 Å². The fraction of sp³-hybridized carbons (Fsp3) is 0.500. The summed E-state index contributed by atoms with van der Waals surface area (Å²) in [4.78, 5) is 14.5. The molecule has 2 aliphatic rings. The largest absolute Gasteiger partial charge is 0.377 e. The number of benzene rings is 1. The second kappa shape index (κ2) is 3.49. The highest BCUT2D eigenvalue weighted by atomic mass is 16.2. The van der Waals surface area contributed by atoms with E-state index < -0.39 is 0 Å². The zero-order chi connectivity index (χ0) is 12.0. The maximum absolute atomic E-state index is 12.5. The van der Waals surface area contributed by atoms with E-state index in [-0.39, 0.29) is 11.4 Å². The van der Waals surface area contributed by atoms with E-state index in [1.807, 2.05) is 29.2 Å². The topological polar surface area (TPSA) is 32.3 Å². The Morgan fingerprint density at radius 1 is 1.35 bits per heavy atom. The minimum atomic E-state index is -0.0568. The van der Waals surface area contributed by atoms with Crippen LogP contribution in [0.1, 0.15) is 37.0 Å². The van der Waals surface area contributed by atoms with Gasteiger partial charge in [-0.3, -0.25) is 4.79 Å². The quantitative estimate of drug-likeness (QED) is 0.742. The molecule has 1 saturated heterocycles. The number of carbonyl (C=O) groups is 1. The van der Waals surface area contributed by atoms with Gasteiger partial charge in [0.2, 0.25) is 0 Å². The standard InChI is InChI=1S/C14H18N2O/c1-14(2)12-8-5-9-16(12)13(17)10-6-3-4-7-11(10)15-14/h3-4,6-7,12,15H,5,8-9H2,1-2H3. The number of amides is 1. The van der Waals surface area contributed by atoms with Crippen molar-refractivity contribution in [3.63, 3.8) is 0 Å². The number of hydrogen-bond donors (Lipinski definition) is 1. The molecule has 1 aromatic carbocycles. The van der Waals surface area contributed by atoms with Crippen LogP contribution in [0.2, 0.25) is 0 Å². The lowest BCUT2D eigenvalue weighted by atomic mass is 9.92. The maximum Gasteiger partial charge on any atom is 0.256 e. The number of para-hydroxylation sites is 1. The average molecular weight is 230 g/mol. The van der Waals surface area contributed by atoms with Gasteiger partial charge in [0.1, 0.15) is 0 Å². The van der Waals surface area contributed by atoms with Crippen molar-refractivity contribution in [3.05, 3.63) is 29.8 Å². The van der Waals surface area contributed by atoms with E-state index >= 15 is 0 Å². The van der Waals surface area contributed by atoms with Gasteiger partial charge in [0.05, 0.1) is 17.1 Å². The molecular formula is C14H18N2O. The first-order chi connectivity index (χ1) is 8.09. The Kier molecular flexibility index (Phi) is 2.18. The summed E-state index contributed by atoms with van der Waals surface area (Å²) in [6.07, 6.45) is 2.21. The number of nitrogens with one attached hydrogen (secondary N) is 1. The van der Waals surface area contributed by atoms with E-state index in [1.54, 1.807) is 0 Å². The van der Waals surface area contributed by atoms with Crippen molar-refractivity contribution in [2.75, 3.05) is 11.9 Å². The lowest BCUT2D eigenvalue weighted by Crippen LogP contribution is -2.50. The Labute approximate surface area is 102 Å². The van der Waals surface area contributed by atoms with Crippen molar-refractivity contribution >= 4 is 11.6 Å². The van der Waals surface area contributed by atoms with Gasteiger partial charge < -0.3 is 10.2 Å². The molecule has 2 aliphatic heterocycles. The number of hydrogen-bond acceptors (Lipinski definition) is 2. The second-order valence-corrected chi connectivity index (χ2v) is 5.55. The molecule has 0 aromatic heterocycles. The lowest BCUT2D eigenvalue weighted by Gasteiger charge is -2.36. The van der Waals surface area contributed by atoms with Crippen LogP contribution in [0.25, 0.3) is 0 Å². The van der Waals surface area contributed by atoms with Crippen LogP contribution in [0.15, 0.2) is 24.3 Å². The number of anilines is 1. The molecule has 2 heterocycles. The van der Waals surface area contributed by atoms with Crippen LogP contribution in [0.4, 0.5) is 5.69 Å². The van der Waals surface area contributed by atoms with Gasteiger partial charge in [-0.15, -0.1) is 0 Å². The summed E-state index contributed by atoms with van der Waals surface area (Å²) in [6.45, 7) is 5.26. The Bertz CT molecular complexity index is 467. The number of nitrogens with zero attached hydrogens (tertiary/aromatic N) is 1. The highest BCUT2D eigenvalue weighted by molar-refractivity contribution is 6.00. The van der Waals surface area contributed by atoms with Crippen LogP contribution < -0.4 is 5.32 Å². The van der Waals surface area contributed by atoms with Crippen LogP contribution in [-0.2, 0) is 0 Å². The van der Waals surface area contributed by atoms with Crippen molar-refractivity contribution in [2.45, 2.75) is 38.3 Å². The Morgan fingerprint density at radius 2 is 2.12 bits per heavy atom. The summed E-state index contributed by atoms with van der Waals surface area (Å²) in [6, 6.07) is 8.13. The summed E-state index contributed by atoms with van der Waals surface area (Å²) in [5, 5.41) is 3.54. The third kappa shape index (κ3) is 1.53. The molecule has 0 aliphatic carbocycles. The molecule has 90 valence electrons. The van der Waals surface area contributed by atoms with Crippen molar-refractivity contribution in [2.24, 2.45) is 0 Å². The van der Waals surface area contributed by atoms with Crippen LogP contribution in [-0.4, -0.2) is 28.9 Å². The van der Waals surface area contributed by atoms with Gasteiger partial charge in [-0.1, -0.05) is 12.1 Å². The summed E-state index contributed by atoms with van der Waals surface area (Å²) in [7, 11) is 0. The summed E-state index contributed by atoms with van der Waals surface area (Å²) < 4.78 is 0. The predicted molar refractivity (Wildman–Crippen MR) is 68.2 cm³/mol. The molecule has 1 N–H and O–H groups in total. The molecule has 0 radical (unpaired) electrons. The molecule has 1 unspecified atom stereocenters. The SMILES string of the molecule is CC1(C)Nc2ccccc2C(=O)N2CCCC21. The van der Waals surface area contributed by atoms with E-state index in [4.69, 9.17) is 0 Å². The number of rotatable bonds is 0. The molecule has 1 aromatic rings. The van der Waals surface area contributed by atoms with Gasteiger partial charge in [0.15, 0.2) is 0 Å². The molecule has 3 heteroatoms. The zero-order valence-electron chi connectivity index (χ0n) is 10.4. The van der Waals surface area contributed by atoms with Gasteiger partial charge >= 0.3 is 0 Å². The summed E-state index contributed by atoms with van der Waals surface area (Å²) in [5.74, 6) is 0.182. The molecular weight excluding hydrogens is 212 g/mol. The number of fused-ring (bicyclic) bond motifs is 2. The molecule has 3 rings (SSSR count). The van der Waals surface area contributed by atoms with Crippen molar-refractivity contribution in [3.8, 4) is 0 Å². The Hall–Kier alpha value is -1.51. The van der Waals surface area contributed by atoms with Gasteiger partial charge in [-0.2, -0.15) is 0 Å². The van der Waals surface area contributed by atoms with Gasteiger partial charge in [-0.25, -0.2) is 0 Å². The first-order valence-electron chi connectivity index (χ1n) is 6.28. The van der Waals surface area contributed by atoms with Crippen molar-refractivity contribution in [1.82, 2.24) is 4.90 Å². The Balaban J connectivity index is 2.13. The molecule has 1 atom stereocenters. The summed E-state index contributed by atoms with van der Waals surface area (Å²) in [5.41, 5.74) is 1.72. The monoisotopic (exact) mass is 230 g/mol. The number of carbonyl (C=O) groups excluding carboxylic acids is 1. The molecule has 1 fully saturated rings. The second-order valence-electron chi connectivity index (χ2n) is 5.55. The van der Waals surface area contributed by atoms with Crippen molar-refractivity contribution < 1.29 is 4.79 Å². The molecule has 3 nitrogen and oxygen atoms in total. The fourth-order valence-corrected chi connectivity index (χ4v) is 3.12. The minimum Gasteiger partial charge on any atom is -0.377 e. The van der Waals surface area contributed by atoms with Crippen LogP contribution >= 0.6 is 0 Å². The third-order valence-electron chi connectivity index (χ3n) is 3.96. The van der Waals surface area contributed by atoms with Gasteiger partial charge in [-0.05, 0) is 38.8 Å². The van der Waals surface area contributed by atoms with Crippen LogP contribution in [0.5, 0.6) is 0 Å². The van der Waals surface area contributed by atoms with E-state index in [2.05, 4.69) is 19.2 Å². The summed E-state index contributed by atoms with van der Waals surface area (Å²) >= 11 is 0. The Morgan fingerprint density at radius 3 is 2.94 bits per heavy atom. The fourth-order valence-electron chi connectivity index (χ4n) is 3.12. The van der Waals surface area contributed by atoms with E-state index in [1.165, 1.54) is 0 Å². The van der Waals surface area contributed by atoms with Crippen LogP contribution in [0, 0.1) is 0 Å². The van der Waals surface area contributed by atoms with E-state index in [0.29, 0.717) is 6.04 Å². The van der Waals surface area contributed by atoms with Crippen LogP contribution in [0.3, 0.4) is 0 Å². The highest BCUT2D eigenvalue weighted by Crippen LogP contribution is 2.35. The third-order valence-corrected chi connectivity index (χ3v) is 3.96. The smallest absolute Gasteiger partial charge is 0.256 e. The molecule has 1 amide bonds. The van der Waals surface area contributed by atoms with E-state index in [0.717, 1.165) is 30.6 Å². The molecule has 0 bridgehead atoms. The first kappa shape index (κ1) is 10.6. The van der Waals surface area contributed by atoms with Crippen molar-refractivity contribution in [1.29, 1.82) is 0 Å². The van der Waals surface area contributed by atoms with E-state index in [9.17, 15) is 4.79 Å². The lowest BCUT2D eigenvalue weighted by molar-refractivity contribution is 0.0704. The highest BCUT2D eigenvalue weighted by Gasteiger charge is 2.43.